The molecule has 0 N–H and O–H groups in total. The first-order chi connectivity index (χ1) is 3.66. The van der Waals surface area contributed by atoms with Crippen LogP contribution in [0.15, 0.2) is 0 Å². The number of nitrogens with zero attached hydrogens (tertiary/aromatic N) is 1. The maximum Gasteiger partial charge on any atom is 0.161 e. The summed E-state index contributed by atoms with van der Waals surface area (Å²) in [5.41, 5.74) is 0. The van der Waals surface area contributed by atoms with E-state index in [4.69, 9.17) is 11.6 Å². The van der Waals surface area contributed by atoms with Crippen molar-refractivity contribution in [1.29, 1.82) is 0 Å². The average Bonchev–Trinajstić information content (AvgIpc) is 1.65. The third-order valence-electron chi connectivity index (χ3n) is 0.642. The lowest BCUT2D eigenvalue weighted by Crippen LogP contribution is -2.22. The molecule has 0 atom stereocenters. The molecule has 0 aromatic carbocycles. The predicted octanol–water partition coefficient (Wildman–Crippen LogP) is 0.356. The Labute approximate surface area is 54.4 Å². The molecule has 3 heteroatoms. The normalized spacial score (nSPS) is 10.0. The first kappa shape index (κ1) is 7.92. The van der Waals surface area contributed by atoms with E-state index in [-0.39, 0.29) is 11.7 Å². The van der Waals surface area contributed by atoms with Gasteiger partial charge in [-0.25, -0.2) is 0 Å². The minimum Gasteiger partial charge on any atom is -0.302 e. The molecule has 0 spiro atoms. The number of halogens is 1. The van der Waals surface area contributed by atoms with E-state index >= 15 is 0 Å². The molecule has 0 amide bonds. The summed E-state index contributed by atoms with van der Waals surface area (Å²) in [5.74, 6) is 0.190. The zero-order valence-electron chi connectivity index (χ0n) is 5.15. The maximum atomic E-state index is 10.4. The fourth-order valence-corrected chi connectivity index (χ4v) is 0.479. The second kappa shape index (κ2) is 3.87. The van der Waals surface area contributed by atoms with Crippen LogP contribution >= 0.6 is 11.6 Å². The van der Waals surface area contributed by atoms with Crippen LogP contribution in [0.3, 0.4) is 0 Å². The molecule has 0 aliphatic carbocycles. The van der Waals surface area contributed by atoms with Crippen LogP contribution < -0.4 is 0 Å². The van der Waals surface area contributed by atoms with Gasteiger partial charge in [-0.05, 0) is 14.1 Å². The summed E-state index contributed by atoms with van der Waals surface area (Å²) in [7, 11) is 3.68. The van der Waals surface area contributed by atoms with Crippen LogP contribution in [0.1, 0.15) is 0 Å². The van der Waals surface area contributed by atoms with Crippen molar-refractivity contribution in [3.05, 3.63) is 0 Å². The number of ketones is 1. The molecule has 0 aromatic rings. The summed E-state index contributed by atoms with van der Waals surface area (Å²) in [5, 5.41) is 0. The average molecular weight is 136 g/mol. The largest absolute Gasteiger partial charge is 0.302 e. The van der Waals surface area contributed by atoms with E-state index in [2.05, 4.69) is 0 Å². The Morgan fingerprint density at radius 3 is 2.25 bits per heavy atom. The predicted molar refractivity (Wildman–Crippen MR) is 34.3 cm³/mol. The minimum absolute atomic E-state index is 0.0664. The molecule has 2 nitrogen and oxygen atoms in total. The standard InChI is InChI=1S/C5H10ClNO/c1-7(2)4-5(8)3-6/h3-4H2,1-2H3. The Morgan fingerprint density at radius 1 is 1.62 bits per heavy atom. The number of carbonyl (C=O) groups excluding carboxylic acids is 1. The summed E-state index contributed by atoms with van der Waals surface area (Å²) in [4.78, 5) is 12.2. The first-order valence-corrected chi connectivity index (χ1v) is 2.92. The highest BCUT2D eigenvalue weighted by molar-refractivity contribution is 6.27. The van der Waals surface area contributed by atoms with Crippen molar-refractivity contribution in [1.82, 2.24) is 4.90 Å². The molecule has 0 fully saturated rings. The van der Waals surface area contributed by atoms with E-state index in [1.807, 2.05) is 14.1 Å². The van der Waals surface area contributed by atoms with Gasteiger partial charge < -0.3 is 4.90 Å². The van der Waals surface area contributed by atoms with Gasteiger partial charge >= 0.3 is 0 Å². The molecule has 0 radical (unpaired) electrons. The maximum absolute atomic E-state index is 10.4. The number of rotatable bonds is 3. The van der Waals surface area contributed by atoms with Crippen LogP contribution in [0, 0.1) is 0 Å². The zero-order valence-corrected chi connectivity index (χ0v) is 5.90. The van der Waals surface area contributed by atoms with Gasteiger partial charge in [-0.1, -0.05) is 0 Å². The van der Waals surface area contributed by atoms with Gasteiger partial charge in [0.2, 0.25) is 0 Å². The number of Topliss-reactive ketones (excluding diaryl/α,β-unsaturated/α-hetero) is 1. The van der Waals surface area contributed by atoms with Crippen LogP contribution in [-0.4, -0.2) is 37.2 Å². The number of hydrogen-bond acceptors (Lipinski definition) is 2. The van der Waals surface area contributed by atoms with E-state index in [0.29, 0.717) is 6.54 Å². The van der Waals surface area contributed by atoms with Gasteiger partial charge in [-0.2, -0.15) is 0 Å². The topological polar surface area (TPSA) is 20.3 Å². The molecule has 0 bridgehead atoms. The number of alkyl halides is 1. The molecule has 48 valence electrons. The van der Waals surface area contributed by atoms with E-state index in [1.54, 1.807) is 4.90 Å². The molecule has 0 unspecified atom stereocenters. The molecular formula is C5H10ClNO. The summed E-state index contributed by atoms with van der Waals surface area (Å²) < 4.78 is 0. The van der Waals surface area contributed by atoms with Crippen molar-refractivity contribution < 1.29 is 4.79 Å². The monoisotopic (exact) mass is 135 g/mol. The highest BCUT2D eigenvalue weighted by atomic mass is 35.5. The van der Waals surface area contributed by atoms with E-state index < -0.39 is 0 Å². The van der Waals surface area contributed by atoms with Crippen LogP contribution in [0.2, 0.25) is 0 Å². The molecule has 0 aromatic heterocycles. The first-order valence-electron chi connectivity index (χ1n) is 2.39. The Morgan fingerprint density at radius 2 is 2.12 bits per heavy atom. The van der Waals surface area contributed by atoms with Crippen LogP contribution in [0.4, 0.5) is 0 Å². The van der Waals surface area contributed by atoms with Crippen molar-refractivity contribution in [2.45, 2.75) is 0 Å². The fraction of sp³-hybridized carbons (Fsp3) is 0.800. The third kappa shape index (κ3) is 4.09. The summed E-state index contributed by atoms with van der Waals surface area (Å²) >= 11 is 5.22. The van der Waals surface area contributed by atoms with Gasteiger partial charge in [-0.3, -0.25) is 4.79 Å². The Hall–Kier alpha value is -0.0800. The molecule has 0 saturated carbocycles. The SMILES string of the molecule is CN(C)CC(=O)CCl. The minimum atomic E-state index is 0.0664. The molecule has 8 heavy (non-hydrogen) atoms. The van der Waals surface area contributed by atoms with Crippen molar-refractivity contribution in [2.75, 3.05) is 26.5 Å². The second-order valence-electron chi connectivity index (χ2n) is 1.91. The smallest absolute Gasteiger partial charge is 0.161 e. The van der Waals surface area contributed by atoms with Gasteiger partial charge in [0.1, 0.15) is 0 Å². The van der Waals surface area contributed by atoms with Gasteiger partial charge in [0.25, 0.3) is 0 Å². The van der Waals surface area contributed by atoms with Gasteiger partial charge in [0.05, 0.1) is 12.4 Å². The fourth-order valence-electron chi connectivity index (χ4n) is 0.395. The summed E-state index contributed by atoms with van der Waals surface area (Å²) in [6.07, 6.45) is 0. The number of hydrogen-bond donors (Lipinski definition) is 0. The van der Waals surface area contributed by atoms with Crippen LogP contribution in [-0.2, 0) is 4.79 Å². The molecule has 0 saturated heterocycles. The number of likely N-dealkylation sites (N-methyl/N-ethyl adjacent to an activating group) is 1. The van der Waals surface area contributed by atoms with Crippen molar-refractivity contribution in [2.24, 2.45) is 0 Å². The molecular weight excluding hydrogens is 126 g/mol. The van der Waals surface area contributed by atoms with E-state index in [9.17, 15) is 4.79 Å². The molecule has 0 rings (SSSR count). The van der Waals surface area contributed by atoms with Crippen LogP contribution in [0.5, 0.6) is 0 Å². The lowest BCUT2D eigenvalue weighted by molar-refractivity contribution is -0.117. The van der Waals surface area contributed by atoms with Gasteiger partial charge in [-0.15, -0.1) is 11.6 Å². The summed E-state index contributed by atoms with van der Waals surface area (Å²) in [6.45, 7) is 0.448. The van der Waals surface area contributed by atoms with Crippen molar-refractivity contribution in [3.63, 3.8) is 0 Å². The van der Waals surface area contributed by atoms with Crippen molar-refractivity contribution >= 4 is 17.4 Å². The summed E-state index contributed by atoms with van der Waals surface area (Å²) in [6, 6.07) is 0. The highest BCUT2D eigenvalue weighted by Gasteiger charge is 1.98. The third-order valence-corrected chi connectivity index (χ3v) is 0.940. The van der Waals surface area contributed by atoms with Gasteiger partial charge in [0.15, 0.2) is 5.78 Å². The Kier molecular flexibility index (Phi) is 3.83. The quantitative estimate of drug-likeness (QED) is 0.521. The molecule has 0 heterocycles. The number of carbonyl (C=O) groups is 1. The molecule has 0 aliphatic rings. The molecule has 0 aliphatic heterocycles. The van der Waals surface area contributed by atoms with E-state index in [0.717, 1.165) is 0 Å². The Balaban J connectivity index is 3.25. The lowest BCUT2D eigenvalue weighted by Gasteiger charge is -2.04. The zero-order chi connectivity index (χ0) is 6.57. The van der Waals surface area contributed by atoms with Crippen molar-refractivity contribution in [3.8, 4) is 0 Å². The lowest BCUT2D eigenvalue weighted by atomic mass is 10.4. The highest BCUT2D eigenvalue weighted by Crippen LogP contribution is 1.80. The Bertz CT molecular complexity index is 82.5. The van der Waals surface area contributed by atoms with E-state index in [1.165, 1.54) is 0 Å². The second-order valence-corrected chi connectivity index (χ2v) is 2.18. The van der Waals surface area contributed by atoms with Crippen LogP contribution in [0.25, 0.3) is 0 Å². The van der Waals surface area contributed by atoms with Gasteiger partial charge in [0, 0.05) is 0 Å².